The highest BCUT2D eigenvalue weighted by molar-refractivity contribution is 7.27. The number of hydrogen-bond acceptors (Lipinski definition) is 8. The molecule has 0 radical (unpaired) electrons. The summed E-state index contributed by atoms with van der Waals surface area (Å²) in [5.41, 5.74) is 24.1. The summed E-state index contributed by atoms with van der Waals surface area (Å²) in [6, 6.07) is 150. The first-order chi connectivity index (χ1) is 66.9. The number of aromatic nitrogens is 3. The predicted octanol–water partition coefficient (Wildman–Crippen LogP) is 36.6. The van der Waals surface area contributed by atoms with E-state index >= 15 is 0 Å². The molecule has 0 aliphatic rings. The number of furan rings is 4. The number of nitrogens with zero attached hydrogens (tertiary/aromatic N) is 4. The minimum atomic E-state index is 0.885. The zero-order chi connectivity index (χ0) is 88.5. The van der Waals surface area contributed by atoms with Gasteiger partial charge in [0.2, 0.25) is 0 Å². The third kappa shape index (κ3) is 12.2. The first kappa shape index (κ1) is 76.5. The van der Waals surface area contributed by atoms with Gasteiger partial charge < -0.3 is 31.7 Å². The van der Waals surface area contributed by atoms with Crippen molar-refractivity contribution < 1.29 is 17.7 Å². The van der Waals surface area contributed by atoms with E-state index in [2.05, 4.69) is 420 Å². The highest BCUT2D eigenvalue weighted by atomic mass is 32.1. The van der Waals surface area contributed by atoms with Gasteiger partial charge in [0.05, 0.1) is 29.1 Å². The number of thiophene rings is 2. The van der Waals surface area contributed by atoms with Crippen LogP contribution >= 0.6 is 22.7 Å². The largest absolute Gasteiger partial charge is 0.464 e. The molecule has 0 aliphatic carbocycles. The first-order valence-corrected chi connectivity index (χ1v) is 47.3. The van der Waals surface area contributed by atoms with Gasteiger partial charge in [0.15, 0.2) is 0 Å². The number of hydrogen-bond donors (Lipinski definition) is 0. The van der Waals surface area contributed by atoms with Crippen molar-refractivity contribution in [1.82, 2.24) is 14.1 Å². The molecule has 0 spiro atoms. The lowest BCUT2D eigenvalue weighted by Crippen LogP contribution is -2.09. The molecule has 135 heavy (non-hydrogen) atoms. The second kappa shape index (κ2) is 30.6. The molecule has 30 rings (SSSR count). The molecule has 0 atom stereocenters. The Balaban J connectivity index is 0.000000103. The van der Waals surface area contributed by atoms with Crippen LogP contribution in [0.2, 0.25) is 0 Å². The van der Waals surface area contributed by atoms with Crippen molar-refractivity contribution in [1.29, 1.82) is 0 Å². The maximum atomic E-state index is 6.61. The van der Waals surface area contributed by atoms with Gasteiger partial charge in [-0.3, -0.25) is 4.98 Å². The van der Waals surface area contributed by atoms with Gasteiger partial charge in [0.25, 0.3) is 0 Å². The topological polar surface area (TPSA) is 78.5 Å². The Morgan fingerprint density at radius 3 is 1.40 bits per heavy atom. The molecule has 0 fully saturated rings. The summed E-state index contributed by atoms with van der Waals surface area (Å²) < 4.78 is 34.8. The normalized spacial score (nSPS) is 12.0. The molecular weight excluding hydrogens is 1690 g/mol. The Hall–Kier alpha value is -17.4. The third-order valence-electron chi connectivity index (χ3n) is 27.6. The minimum absolute atomic E-state index is 0.885. The monoisotopic (exact) mass is 1760 g/mol. The Labute approximate surface area is 779 Å². The Morgan fingerprint density at radius 2 is 0.756 bits per heavy atom. The van der Waals surface area contributed by atoms with E-state index in [9.17, 15) is 0 Å². The third-order valence-corrected chi connectivity index (χ3v) is 30.0. The summed E-state index contributed by atoms with van der Waals surface area (Å²) >= 11 is 3.76. The number of para-hydroxylation sites is 7. The van der Waals surface area contributed by atoms with Crippen LogP contribution in [0.1, 0.15) is 0 Å². The zero-order valence-electron chi connectivity index (χ0n) is 72.5. The molecule has 0 aliphatic heterocycles. The number of fused-ring (bicyclic) bond motifs is 30. The molecule has 0 N–H and O–H groups in total. The van der Waals surface area contributed by atoms with Crippen LogP contribution in [0.15, 0.2) is 467 Å². The highest BCUT2D eigenvalue weighted by Gasteiger charge is 2.27. The van der Waals surface area contributed by atoms with Gasteiger partial charge in [0.1, 0.15) is 33.5 Å². The second-order valence-electron chi connectivity index (χ2n) is 35.0. The van der Waals surface area contributed by atoms with Gasteiger partial charge in [-0.1, -0.05) is 231 Å². The van der Waals surface area contributed by atoms with E-state index in [1.807, 2.05) is 59.3 Å². The highest BCUT2D eigenvalue weighted by Crippen LogP contribution is 2.54. The standard InChI is InChI=1S/C51H33N3S.C40H23NO2.C34H18O2S/c1-4-14-37(15-5-1)53-30-28-35-31-44-45(32-46(35)53)48(34-22-24-40(25-23-34)54(38-16-6-2-7-17-38)39-18-8-3-9-19-39)49(36-13-12-29-52-33-36)43-27-26-42-41-20-10-11-21-47(41)55-51(42)50(43)44;1-2-8-27(9-3-1)41-35-12-6-4-10-28(35)34-20-24(14-17-36(34)41)32-22-26-23-38-25(18-19-42-38)21-33(26)39-30(32)15-16-31-29-11-5-7-13-37(29)43-40(31)39;1-3-10-29-21(6-1)24-13-12-23-28(26-9-5-8-25-22-7-2-4-11-31(22)37-34(25)26)17-20-18-30-19(14-15-35-30)16-27(20)32(23)33(24)36-29/h1-33H;1-23H;1-18H. The average molecular weight is 1760 g/mol. The molecule has 0 saturated carbocycles. The van der Waals surface area contributed by atoms with E-state index in [1.165, 1.54) is 150 Å². The van der Waals surface area contributed by atoms with Crippen LogP contribution in [0.4, 0.5) is 17.1 Å². The quantitative estimate of drug-likeness (QED) is 0.134. The Morgan fingerprint density at radius 1 is 0.252 bits per heavy atom. The summed E-state index contributed by atoms with van der Waals surface area (Å²) in [6.07, 6.45) is 9.62. The maximum absolute atomic E-state index is 6.61. The van der Waals surface area contributed by atoms with Gasteiger partial charge >= 0.3 is 0 Å². The number of anilines is 3. The van der Waals surface area contributed by atoms with Crippen molar-refractivity contribution >= 4 is 243 Å². The van der Waals surface area contributed by atoms with Gasteiger partial charge in [-0.2, -0.15) is 0 Å². The van der Waals surface area contributed by atoms with Gasteiger partial charge in [-0.25, -0.2) is 0 Å². The van der Waals surface area contributed by atoms with Crippen LogP contribution < -0.4 is 4.90 Å². The van der Waals surface area contributed by atoms with Gasteiger partial charge in [0, 0.05) is 163 Å². The van der Waals surface area contributed by atoms with Crippen molar-refractivity contribution in [3.05, 3.63) is 450 Å². The molecule has 9 aromatic heterocycles. The smallest absolute Gasteiger partial charge is 0.143 e. The molecule has 9 heterocycles. The summed E-state index contributed by atoms with van der Waals surface area (Å²) in [7, 11) is 0. The van der Waals surface area contributed by atoms with E-state index in [1.54, 1.807) is 12.5 Å². The molecule has 0 saturated heterocycles. The lowest BCUT2D eigenvalue weighted by Gasteiger charge is -2.26. The molecule has 0 bridgehead atoms. The van der Waals surface area contributed by atoms with Crippen molar-refractivity contribution in [2.24, 2.45) is 0 Å². The first-order valence-electron chi connectivity index (χ1n) is 45.6. The van der Waals surface area contributed by atoms with E-state index in [0.717, 1.165) is 127 Å². The molecule has 21 aromatic carbocycles. The number of benzene rings is 21. The lowest BCUT2D eigenvalue weighted by atomic mass is 9.84. The van der Waals surface area contributed by atoms with E-state index in [0.29, 0.717) is 0 Å². The molecule has 0 amide bonds. The van der Waals surface area contributed by atoms with E-state index in [-0.39, 0.29) is 0 Å². The van der Waals surface area contributed by atoms with Crippen molar-refractivity contribution in [3.63, 3.8) is 0 Å². The minimum Gasteiger partial charge on any atom is -0.464 e. The molecule has 630 valence electrons. The fourth-order valence-corrected chi connectivity index (χ4v) is 24.1. The Bertz CT molecular complexity index is 10000. The molecule has 10 heteroatoms. The van der Waals surface area contributed by atoms with Crippen LogP contribution in [-0.2, 0) is 0 Å². The molecular formula is C125H74N4O4S2. The van der Waals surface area contributed by atoms with Crippen molar-refractivity contribution in [2.45, 2.75) is 0 Å². The average Bonchev–Trinajstić information content (AvgIpc) is 1.66. The summed E-state index contributed by atoms with van der Waals surface area (Å²) in [6.45, 7) is 0. The van der Waals surface area contributed by atoms with Gasteiger partial charge in [-0.05, 0) is 270 Å². The molecule has 30 aromatic rings. The van der Waals surface area contributed by atoms with Crippen LogP contribution in [0.25, 0.3) is 259 Å². The summed E-state index contributed by atoms with van der Waals surface area (Å²) in [4.78, 5) is 6.99. The van der Waals surface area contributed by atoms with Crippen LogP contribution in [0, 0.1) is 0 Å². The van der Waals surface area contributed by atoms with Crippen LogP contribution in [0.5, 0.6) is 0 Å². The number of pyridine rings is 1. The summed E-state index contributed by atoms with van der Waals surface area (Å²) in [5, 5.41) is 29.9. The van der Waals surface area contributed by atoms with Crippen LogP contribution in [-0.4, -0.2) is 14.1 Å². The fourth-order valence-electron chi connectivity index (χ4n) is 21.6. The second-order valence-corrected chi connectivity index (χ2v) is 37.1. The van der Waals surface area contributed by atoms with Crippen LogP contribution in [0.3, 0.4) is 0 Å². The number of rotatable bonds is 9. The fraction of sp³-hybridized carbons (Fsp3) is 0. The summed E-state index contributed by atoms with van der Waals surface area (Å²) in [5.74, 6) is 0. The Kier molecular flexibility index (Phi) is 17.3. The predicted molar refractivity (Wildman–Crippen MR) is 570 cm³/mol. The SMILES string of the molecule is c1ccc(-n2c3ccccc3c3cc(-c4cc5cc6occc6cc5c5c4ccc4c6ccccc6oc45)ccc32)cc1.c1ccc(N(c2ccccc2)c2ccc(-c3c(-c4cccnc4)c4ccc5c6ccccc6sc5c4c4cc5ccn(-c6ccccc6)c5cc34)cc2)cc1.c1ccc2c(c1)oc1c2ccc2c(-c3cccc4c3sc3ccccc34)cc3cc4occc4cc3c21. The van der Waals surface area contributed by atoms with Crippen molar-refractivity contribution in [3.8, 4) is 55.9 Å². The van der Waals surface area contributed by atoms with E-state index < -0.39 is 0 Å². The van der Waals surface area contributed by atoms with E-state index in [4.69, 9.17) is 17.7 Å². The molecule has 8 nitrogen and oxygen atoms in total. The zero-order valence-corrected chi connectivity index (χ0v) is 74.1. The van der Waals surface area contributed by atoms with Crippen molar-refractivity contribution in [2.75, 3.05) is 4.90 Å². The lowest BCUT2D eigenvalue weighted by molar-refractivity contribution is 0.616. The molecule has 0 unspecified atom stereocenters. The van der Waals surface area contributed by atoms with Gasteiger partial charge in [-0.15, -0.1) is 22.7 Å². The maximum Gasteiger partial charge on any atom is 0.143 e.